The van der Waals surface area contributed by atoms with Crippen LogP contribution in [0.15, 0.2) is 22.7 Å². The Labute approximate surface area is 85.3 Å². The summed E-state index contributed by atoms with van der Waals surface area (Å²) >= 11 is 3.37. The zero-order valence-electron chi connectivity index (χ0n) is 6.96. The molecule has 1 aliphatic heterocycles. The molecule has 1 aliphatic rings. The van der Waals surface area contributed by atoms with E-state index in [2.05, 4.69) is 22.0 Å². The Morgan fingerprint density at radius 1 is 1.54 bits per heavy atom. The van der Waals surface area contributed by atoms with Crippen molar-refractivity contribution in [2.24, 2.45) is 0 Å². The summed E-state index contributed by atoms with van der Waals surface area (Å²) < 4.78 is 6.45. The zero-order chi connectivity index (χ0) is 9.26. The van der Waals surface area contributed by atoms with Crippen LogP contribution in [0.2, 0.25) is 0 Å². The van der Waals surface area contributed by atoms with Gasteiger partial charge in [-0.2, -0.15) is 5.26 Å². The molecule has 1 heterocycles. The molecule has 1 unspecified atom stereocenters. The molecule has 3 heteroatoms. The van der Waals surface area contributed by atoms with Crippen molar-refractivity contribution in [3.8, 4) is 11.8 Å². The quantitative estimate of drug-likeness (QED) is 0.696. The minimum atomic E-state index is -0.00292. The number of hydrogen-bond donors (Lipinski definition) is 0. The smallest absolute Gasteiger partial charge is 0.124 e. The van der Waals surface area contributed by atoms with Crippen molar-refractivity contribution < 1.29 is 4.74 Å². The Bertz CT molecular complexity index is 370. The van der Waals surface area contributed by atoms with E-state index in [1.165, 1.54) is 0 Å². The van der Waals surface area contributed by atoms with E-state index in [-0.39, 0.29) is 5.92 Å². The Balaban J connectivity index is 2.47. The molecule has 66 valence electrons. The van der Waals surface area contributed by atoms with Crippen LogP contribution in [0.4, 0.5) is 0 Å². The fraction of sp³-hybridized carbons (Fsp3) is 0.300. The summed E-state index contributed by atoms with van der Waals surface area (Å²) in [6.07, 6.45) is 0.797. The first kappa shape index (κ1) is 8.58. The minimum absolute atomic E-state index is 0.00292. The molecule has 0 radical (unpaired) electrons. The first-order valence-electron chi connectivity index (χ1n) is 4.13. The summed E-state index contributed by atoms with van der Waals surface area (Å²) in [5.41, 5.74) is 1.01. The third-order valence-corrected chi connectivity index (χ3v) is 2.66. The van der Waals surface area contributed by atoms with Crippen molar-refractivity contribution in [3.63, 3.8) is 0 Å². The van der Waals surface area contributed by atoms with Gasteiger partial charge in [0.1, 0.15) is 5.75 Å². The molecule has 0 bridgehead atoms. The predicted octanol–water partition coefficient (Wildman–Crippen LogP) is 2.84. The Morgan fingerprint density at radius 2 is 2.38 bits per heavy atom. The Hall–Kier alpha value is -1.01. The summed E-state index contributed by atoms with van der Waals surface area (Å²) in [7, 11) is 0. The van der Waals surface area contributed by atoms with Gasteiger partial charge in [0, 0.05) is 16.5 Å². The van der Waals surface area contributed by atoms with Crippen molar-refractivity contribution in [2.75, 3.05) is 6.61 Å². The second-order valence-electron chi connectivity index (χ2n) is 3.00. The highest BCUT2D eigenvalue weighted by Gasteiger charge is 2.20. The predicted molar refractivity (Wildman–Crippen MR) is 52.6 cm³/mol. The number of rotatable bonds is 0. The summed E-state index contributed by atoms with van der Waals surface area (Å²) in [5.74, 6) is 0.837. The van der Waals surface area contributed by atoms with Crippen LogP contribution in [0.5, 0.6) is 5.75 Å². The van der Waals surface area contributed by atoms with Crippen molar-refractivity contribution >= 4 is 15.9 Å². The van der Waals surface area contributed by atoms with E-state index in [1.54, 1.807) is 0 Å². The maximum absolute atomic E-state index is 8.89. The van der Waals surface area contributed by atoms with E-state index in [9.17, 15) is 0 Å². The van der Waals surface area contributed by atoms with E-state index < -0.39 is 0 Å². The van der Waals surface area contributed by atoms with Crippen LogP contribution in [0.3, 0.4) is 0 Å². The number of nitriles is 1. The van der Waals surface area contributed by atoms with Crippen molar-refractivity contribution in [2.45, 2.75) is 12.3 Å². The third kappa shape index (κ3) is 1.54. The lowest BCUT2D eigenvalue weighted by atomic mass is 9.95. The second-order valence-corrected chi connectivity index (χ2v) is 3.92. The van der Waals surface area contributed by atoms with Gasteiger partial charge in [-0.25, -0.2) is 0 Å². The molecule has 1 aromatic rings. The van der Waals surface area contributed by atoms with Crippen LogP contribution < -0.4 is 4.74 Å². The molecule has 0 fully saturated rings. The van der Waals surface area contributed by atoms with Crippen molar-refractivity contribution in [1.82, 2.24) is 0 Å². The van der Waals surface area contributed by atoms with Crippen LogP contribution in [-0.2, 0) is 0 Å². The maximum atomic E-state index is 8.89. The van der Waals surface area contributed by atoms with E-state index in [1.807, 2.05) is 18.2 Å². The SMILES string of the molecule is N#CC1CCOc2cc(Br)ccc21. The third-order valence-electron chi connectivity index (χ3n) is 2.17. The molecule has 13 heavy (non-hydrogen) atoms. The molecular formula is C10H8BrNO. The molecule has 0 saturated heterocycles. The van der Waals surface area contributed by atoms with Crippen molar-refractivity contribution in [1.29, 1.82) is 5.26 Å². The lowest BCUT2D eigenvalue weighted by molar-refractivity contribution is 0.280. The lowest BCUT2D eigenvalue weighted by Crippen LogP contribution is -2.12. The van der Waals surface area contributed by atoms with Gasteiger partial charge < -0.3 is 4.74 Å². The molecule has 0 saturated carbocycles. The fourth-order valence-electron chi connectivity index (χ4n) is 1.50. The highest BCUT2D eigenvalue weighted by atomic mass is 79.9. The Kier molecular flexibility index (Phi) is 2.24. The highest BCUT2D eigenvalue weighted by molar-refractivity contribution is 9.10. The molecular weight excluding hydrogens is 230 g/mol. The topological polar surface area (TPSA) is 33.0 Å². The lowest BCUT2D eigenvalue weighted by Gasteiger charge is -2.21. The normalized spacial score (nSPS) is 19.8. The van der Waals surface area contributed by atoms with Gasteiger partial charge in [-0.05, 0) is 12.1 Å². The van der Waals surface area contributed by atoms with Crippen LogP contribution in [0.25, 0.3) is 0 Å². The number of hydrogen-bond acceptors (Lipinski definition) is 2. The molecule has 0 aliphatic carbocycles. The molecule has 2 nitrogen and oxygen atoms in total. The van der Waals surface area contributed by atoms with Crippen LogP contribution in [-0.4, -0.2) is 6.61 Å². The molecule has 2 rings (SSSR count). The number of nitrogens with zero attached hydrogens (tertiary/aromatic N) is 1. The summed E-state index contributed by atoms with van der Waals surface area (Å²) in [5, 5.41) is 8.89. The summed E-state index contributed by atoms with van der Waals surface area (Å²) in [6.45, 7) is 0.641. The minimum Gasteiger partial charge on any atom is -0.493 e. The largest absolute Gasteiger partial charge is 0.493 e. The van der Waals surface area contributed by atoms with Gasteiger partial charge in [-0.1, -0.05) is 22.0 Å². The van der Waals surface area contributed by atoms with Crippen molar-refractivity contribution in [3.05, 3.63) is 28.2 Å². The summed E-state index contributed by atoms with van der Waals surface area (Å²) in [4.78, 5) is 0. The number of benzene rings is 1. The first-order valence-corrected chi connectivity index (χ1v) is 4.92. The van der Waals surface area contributed by atoms with Crippen LogP contribution >= 0.6 is 15.9 Å². The second kappa shape index (κ2) is 3.39. The van der Waals surface area contributed by atoms with Crippen LogP contribution in [0, 0.1) is 11.3 Å². The van der Waals surface area contributed by atoms with E-state index in [4.69, 9.17) is 10.00 Å². The number of halogens is 1. The highest BCUT2D eigenvalue weighted by Crippen LogP contribution is 2.34. The van der Waals surface area contributed by atoms with E-state index in [0.29, 0.717) is 6.61 Å². The van der Waals surface area contributed by atoms with Crippen LogP contribution in [0.1, 0.15) is 17.9 Å². The fourth-order valence-corrected chi connectivity index (χ4v) is 1.84. The standard InChI is InChI=1S/C10H8BrNO/c11-8-1-2-9-7(6-12)3-4-13-10(9)5-8/h1-2,5,7H,3-4H2. The number of ether oxygens (including phenoxy) is 1. The molecule has 0 amide bonds. The van der Waals surface area contributed by atoms with Gasteiger partial charge in [0.15, 0.2) is 0 Å². The molecule has 0 N–H and O–H groups in total. The maximum Gasteiger partial charge on any atom is 0.124 e. The monoisotopic (exact) mass is 237 g/mol. The molecule has 1 atom stereocenters. The molecule has 0 aromatic heterocycles. The van der Waals surface area contributed by atoms with Gasteiger partial charge in [0.25, 0.3) is 0 Å². The van der Waals surface area contributed by atoms with Gasteiger partial charge in [0.05, 0.1) is 18.6 Å². The van der Waals surface area contributed by atoms with Gasteiger partial charge in [-0.3, -0.25) is 0 Å². The first-order chi connectivity index (χ1) is 6.31. The average Bonchev–Trinajstić information content (AvgIpc) is 2.16. The van der Waals surface area contributed by atoms with Gasteiger partial charge >= 0.3 is 0 Å². The zero-order valence-corrected chi connectivity index (χ0v) is 8.54. The molecule has 1 aromatic carbocycles. The van der Waals surface area contributed by atoms with E-state index in [0.717, 1.165) is 22.2 Å². The Morgan fingerprint density at radius 3 is 3.15 bits per heavy atom. The molecule has 0 spiro atoms. The van der Waals surface area contributed by atoms with Gasteiger partial charge in [-0.15, -0.1) is 0 Å². The van der Waals surface area contributed by atoms with Gasteiger partial charge in [0.2, 0.25) is 0 Å². The van der Waals surface area contributed by atoms with E-state index >= 15 is 0 Å². The summed E-state index contributed by atoms with van der Waals surface area (Å²) in [6, 6.07) is 8.09. The average molecular weight is 238 g/mol. The number of fused-ring (bicyclic) bond motifs is 1.